The van der Waals surface area contributed by atoms with E-state index in [1.165, 1.54) is 0 Å². The van der Waals surface area contributed by atoms with E-state index in [4.69, 9.17) is 23.4 Å². The van der Waals surface area contributed by atoms with E-state index in [9.17, 15) is 0 Å². The minimum atomic E-state index is -0.640. The van der Waals surface area contributed by atoms with Gasteiger partial charge in [0.1, 0.15) is 0 Å². The number of alkyl halides is 1. The van der Waals surface area contributed by atoms with E-state index in [2.05, 4.69) is 20.2 Å². The molecule has 7 heteroatoms. The van der Waals surface area contributed by atoms with Gasteiger partial charge in [0.25, 0.3) is 11.9 Å². The Bertz CT molecular complexity index is 256. The van der Waals surface area contributed by atoms with Crippen LogP contribution in [0.4, 0.5) is 0 Å². The van der Waals surface area contributed by atoms with Crippen LogP contribution < -0.4 is 0 Å². The first-order valence-corrected chi connectivity index (χ1v) is 3.22. The van der Waals surface area contributed by atoms with Crippen molar-refractivity contribution < 1.29 is 0 Å². The maximum Gasteiger partial charge on any atom is 0.270 e. The van der Waals surface area contributed by atoms with Crippen molar-refractivity contribution in [1.29, 1.82) is 0 Å². The summed E-state index contributed by atoms with van der Waals surface area (Å²) in [5, 5.41) is 7.14. The van der Waals surface area contributed by atoms with E-state index < -0.39 is 5.62 Å². The van der Waals surface area contributed by atoms with Crippen LogP contribution in [0.1, 0.15) is 0 Å². The molecule has 0 fully saturated rings. The molecule has 2 rings (SSSR count). The fourth-order valence-corrected chi connectivity index (χ4v) is 0.900. The smallest absolute Gasteiger partial charge is 0.212 e. The summed E-state index contributed by atoms with van der Waals surface area (Å²) in [6.07, 6.45) is 0. The molecule has 2 heterocycles. The molecule has 1 unspecified atom stereocenters. The molecule has 2 bridgehead atoms. The molecule has 0 N–H and O–H groups in total. The van der Waals surface area contributed by atoms with E-state index in [-0.39, 0.29) is 5.96 Å². The molecule has 0 aromatic rings. The van der Waals surface area contributed by atoms with Gasteiger partial charge in [0.15, 0.2) is 0 Å². The maximum atomic E-state index is 5.60. The first-order valence-electron chi connectivity index (χ1n) is 2.45. The van der Waals surface area contributed by atoms with Gasteiger partial charge >= 0.3 is 0 Å². The molecule has 0 radical (unpaired) electrons. The van der Waals surface area contributed by atoms with Crippen molar-refractivity contribution in [2.45, 2.75) is 5.62 Å². The third kappa shape index (κ3) is 0.708. The van der Waals surface area contributed by atoms with Crippen LogP contribution >= 0.6 is 23.4 Å². The average Bonchev–Trinajstić information content (AvgIpc) is 2.29. The molecule has 0 aromatic heterocycles. The van der Waals surface area contributed by atoms with Crippen LogP contribution in [0.2, 0.25) is 0 Å². The highest BCUT2D eigenvalue weighted by atomic mass is 35.5. The topological polar surface area (TPSA) is 52.7 Å². The monoisotopic (exact) mass is 177 g/mol. The summed E-state index contributed by atoms with van der Waals surface area (Å²) in [4.78, 5) is 7.52. The number of fused-ring (bicyclic) bond motifs is 1. The largest absolute Gasteiger partial charge is 0.270 e. The zero-order valence-electron chi connectivity index (χ0n) is 4.57. The van der Waals surface area contributed by atoms with Gasteiger partial charge in [-0.2, -0.15) is 4.99 Å². The van der Waals surface area contributed by atoms with Crippen molar-refractivity contribution in [3.8, 4) is 0 Å². The van der Waals surface area contributed by atoms with E-state index >= 15 is 0 Å². The Morgan fingerprint density at radius 2 is 2.20 bits per heavy atom. The molecular weight excluding hydrogens is 177 g/mol. The van der Waals surface area contributed by atoms with Crippen molar-refractivity contribution in [3.05, 3.63) is 0 Å². The van der Waals surface area contributed by atoms with Crippen LogP contribution in [0.15, 0.2) is 20.2 Å². The Morgan fingerprint density at radius 1 is 1.40 bits per heavy atom. The summed E-state index contributed by atoms with van der Waals surface area (Å²) in [6, 6.07) is 0. The molecule has 2 aliphatic heterocycles. The van der Waals surface area contributed by atoms with Crippen molar-refractivity contribution in [2.75, 3.05) is 0 Å². The highest BCUT2D eigenvalue weighted by Gasteiger charge is 2.27. The van der Waals surface area contributed by atoms with Crippen LogP contribution in [0.3, 0.4) is 0 Å². The second kappa shape index (κ2) is 1.90. The Kier molecular flexibility index (Phi) is 1.15. The summed E-state index contributed by atoms with van der Waals surface area (Å²) < 4.78 is 1.11. The lowest BCUT2D eigenvalue weighted by Gasteiger charge is -2.15. The van der Waals surface area contributed by atoms with Gasteiger partial charge in [-0.3, -0.25) is 0 Å². The fourth-order valence-electron chi connectivity index (χ4n) is 0.610. The highest BCUT2D eigenvalue weighted by molar-refractivity contribution is 6.32. The lowest BCUT2D eigenvalue weighted by atomic mass is 10.8. The van der Waals surface area contributed by atoms with Crippen molar-refractivity contribution in [3.63, 3.8) is 0 Å². The highest BCUT2D eigenvalue weighted by Crippen LogP contribution is 2.20. The van der Waals surface area contributed by atoms with Crippen LogP contribution in [0.5, 0.6) is 0 Å². The predicted molar refractivity (Wildman–Crippen MR) is 37.1 cm³/mol. The SMILES string of the molecule is ClC1N=C2N=NC(=N2)N1Cl. The molecule has 0 saturated carbocycles. The minimum absolute atomic E-state index is 0.284. The number of aliphatic imine (C=N–C) groups is 2. The molecule has 0 spiro atoms. The number of hydrogen-bond donors (Lipinski definition) is 0. The van der Waals surface area contributed by atoms with Gasteiger partial charge in [-0.15, -0.1) is 10.2 Å². The van der Waals surface area contributed by atoms with Gasteiger partial charge in [-0.25, -0.2) is 9.41 Å². The standard InChI is InChI=1S/C3HCl2N5/c4-1-6-2-7-3(9-8-2)10(1)5/h1H. The van der Waals surface area contributed by atoms with E-state index in [1.54, 1.807) is 0 Å². The van der Waals surface area contributed by atoms with Crippen LogP contribution in [-0.2, 0) is 0 Å². The number of guanidine groups is 2. The Labute approximate surface area is 66.2 Å². The summed E-state index contributed by atoms with van der Waals surface area (Å²) in [5.41, 5.74) is -0.640. The maximum absolute atomic E-state index is 5.60. The van der Waals surface area contributed by atoms with Crippen molar-refractivity contribution >= 4 is 35.3 Å². The van der Waals surface area contributed by atoms with Crippen molar-refractivity contribution in [1.82, 2.24) is 4.42 Å². The van der Waals surface area contributed by atoms with E-state index in [0.717, 1.165) is 4.42 Å². The molecule has 10 heavy (non-hydrogen) atoms. The first kappa shape index (κ1) is 6.06. The molecule has 0 amide bonds. The molecular formula is C3HCl2N5. The Balaban J connectivity index is 2.42. The van der Waals surface area contributed by atoms with Crippen molar-refractivity contribution in [2.24, 2.45) is 20.2 Å². The second-order valence-electron chi connectivity index (χ2n) is 1.66. The summed E-state index contributed by atoms with van der Waals surface area (Å²) in [7, 11) is 0. The molecule has 0 aromatic carbocycles. The number of azo groups is 1. The lowest BCUT2D eigenvalue weighted by molar-refractivity contribution is 0.606. The van der Waals surface area contributed by atoms with Crippen LogP contribution in [0.25, 0.3) is 0 Å². The van der Waals surface area contributed by atoms with Gasteiger partial charge in [-0.1, -0.05) is 11.6 Å². The molecule has 0 aliphatic carbocycles. The van der Waals surface area contributed by atoms with Gasteiger partial charge in [0.05, 0.1) is 0 Å². The summed E-state index contributed by atoms with van der Waals surface area (Å²) in [5.74, 6) is 0.582. The summed E-state index contributed by atoms with van der Waals surface area (Å²) in [6.45, 7) is 0. The van der Waals surface area contributed by atoms with E-state index in [1.807, 2.05) is 0 Å². The van der Waals surface area contributed by atoms with Gasteiger partial charge < -0.3 is 0 Å². The fraction of sp³-hybridized carbons (Fsp3) is 0.333. The number of halogens is 2. The third-order valence-electron chi connectivity index (χ3n) is 1.03. The van der Waals surface area contributed by atoms with Gasteiger partial charge in [0.2, 0.25) is 5.62 Å². The molecule has 2 aliphatic rings. The zero-order valence-corrected chi connectivity index (χ0v) is 6.08. The summed E-state index contributed by atoms with van der Waals surface area (Å²) >= 11 is 11.2. The number of hydrogen-bond acceptors (Lipinski definition) is 5. The van der Waals surface area contributed by atoms with Crippen LogP contribution in [-0.4, -0.2) is 22.0 Å². The van der Waals surface area contributed by atoms with Gasteiger partial charge in [0, 0.05) is 11.8 Å². The van der Waals surface area contributed by atoms with E-state index in [0.29, 0.717) is 5.96 Å². The quantitative estimate of drug-likeness (QED) is 0.312. The lowest BCUT2D eigenvalue weighted by Crippen LogP contribution is -2.28. The van der Waals surface area contributed by atoms with Gasteiger partial charge in [-0.05, 0) is 0 Å². The normalized spacial score (nSPS) is 28.6. The average molecular weight is 178 g/mol. The molecule has 52 valence electrons. The molecule has 0 saturated heterocycles. The van der Waals surface area contributed by atoms with Crippen LogP contribution in [0, 0.1) is 0 Å². The molecule has 1 atom stereocenters. The zero-order chi connectivity index (χ0) is 7.14. The Hall–Kier alpha value is -0.680. The molecule has 5 nitrogen and oxygen atoms in total. The minimum Gasteiger partial charge on any atom is -0.212 e. The number of nitrogens with zero attached hydrogens (tertiary/aromatic N) is 5. The second-order valence-corrected chi connectivity index (χ2v) is 2.42. The Morgan fingerprint density at radius 3 is 3.00 bits per heavy atom. The first-order chi connectivity index (χ1) is 4.77. The number of rotatable bonds is 0. The third-order valence-corrected chi connectivity index (χ3v) is 1.76. The predicted octanol–water partition coefficient (Wildman–Crippen LogP) is 1.16.